The van der Waals surface area contributed by atoms with Crippen LogP contribution >= 0.6 is 0 Å². The van der Waals surface area contributed by atoms with Gasteiger partial charge in [-0.05, 0) is 50.6 Å². The Bertz CT molecular complexity index is 1540. The molecule has 0 radical (unpaired) electrons. The molecule has 2 heterocycles. The van der Waals surface area contributed by atoms with Crippen molar-refractivity contribution >= 4 is 22.6 Å². The molecule has 212 valence electrons. The molecule has 0 aliphatic heterocycles. The number of aromatic nitrogens is 3. The number of hydrogen-bond donors (Lipinski definition) is 0. The molecule has 12 heteroatoms. The van der Waals surface area contributed by atoms with Crippen molar-refractivity contribution in [2.45, 2.75) is 45.1 Å². The Balaban J connectivity index is 1.91. The molecule has 0 fully saturated rings. The highest BCUT2D eigenvalue weighted by Gasteiger charge is 2.41. The number of fused-ring (bicyclic) bond motifs is 1. The smallest absolute Gasteiger partial charge is 0.416 e. The minimum absolute atomic E-state index is 0.0385. The van der Waals surface area contributed by atoms with Gasteiger partial charge in [-0.25, -0.2) is 9.67 Å². The van der Waals surface area contributed by atoms with Crippen molar-refractivity contribution in [3.63, 3.8) is 0 Å². The number of para-hydroxylation sites is 1. The minimum atomic E-state index is -5.05. The average molecular weight is 565 g/mol. The molecule has 2 aromatic carbocycles. The first-order chi connectivity index (χ1) is 18.6. The molecule has 0 saturated heterocycles. The average Bonchev–Trinajstić information content (AvgIpc) is 3.33. The van der Waals surface area contributed by atoms with Crippen molar-refractivity contribution in [2.24, 2.45) is 0 Å². The molecule has 0 bridgehead atoms. The number of carbonyl (C=O) groups is 1. The van der Waals surface area contributed by atoms with Crippen LogP contribution in [0.1, 0.15) is 37.5 Å². The highest BCUT2D eigenvalue weighted by molar-refractivity contribution is 6.08. The van der Waals surface area contributed by atoms with Crippen molar-refractivity contribution in [3.05, 3.63) is 71.5 Å². The van der Waals surface area contributed by atoms with E-state index in [2.05, 4.69) is 10.1 Å². The van der Waals surface area contributed by atoms with E-state index in [1.165, 1.54) is 39.1 Å². The number of pyridine rings is 1. The molecule has 0 saturated carbocycles. The number of amides is 1. The maximum absolute atomic E-state index is 13.9. The maximum Gasteiger partial charge on any atom is 0.416 e. The van der Waals surface area contributed by atoms with Gasteiger partial charge in [-0.3, -0.25) is 4.79 Å². The van der Waals surface area contributed by atoms with Crippen LogP contribution in [0.4, 0.5) is 32.0 Å². The number of ether oxygens (including phenoxy) is 1. The van der Waals surface area contributed by atoms with Crippen molar-refractivity contribution in [1.29, 1.82) is 0 Å². The summed E-state index contributed by atoms with van der Waals surface area (Å²) >= 11 is 0. The topological polar surface area (TPSA) is 60.2 Å². The van der Waals surface area contributed by atoms with Gasteiger partial charge in [-0.1, -0.05) is 18.2 Å². The van der Waals surface area contributed by atoms with E-state index in [0.29, 0.717) is 46.6 Å². The van der Waals surface area contributed by atoms with E-state index in [4.69, 9.17) is 4.74 Å². The molecule has 0 unspecified atom stereocenters. The number of carbonyl (C=O) groups excluding carboxylic acids is 1. The number of aryl methyl sites for hydroxylation is 1. The number of halogens is 6. The molecule has 0 aliphatic rings. The zero-order valence-corrected chi connectivity index (χ0v) is 22.3. The van der Waals surface area contributed by atoms with E-state index in [9.17, 15) is 31.1 Å². The van der Waals surface area contributed by atoms with Gasteiger partial charge in [0.25, 0.3) is 0 Å². The van der Waals surface area contributed by atoms with Crippen molar-refractivity contribution < 1.29 is 35.9 Å². The molecule has 40 heavy (non-hydrogen) atoms. The van der Waals surface area contributed by atoms with Crippen LogP contribution in [0.2, 0.25) is 0 Å². The summed E-state index contributed by atoms with van der Waals surface area (Å²) in [5.74, 6) is -0.270. The van der Waals surface area contributed by atoms with E-state index in [-0.39, 0.29) is 11.8 Å². The zero-order chi connectivity index (χ0) is 29.6. The van der Waals surface area contributed by atoms with Gasteiger partial charge in [-0.15, -0.1) is 0 Å². The van der Waals surface area contributed by atoms with Gasteiger partial charge in [0.15, 0.2) is 5.65 Å². The summed E-state index contributed by atoms with van der Waals surface area (Å²) in [5, 5.41) is 4.94. The van der Waals surface area contributed by atoms with Crippen molar-refractivity contribution in [2.75, 3.05) is 19.1 Å². The largest absolute Gasteiger partial charge is 0.496 e. The van der Waals surface area contributed by atoms with Gasteiger partial charge in [0.1, 0.15) is 5.75 Å². The number of alkyl halides is 6. The summed E-state index contributed by atoms with van der Waals surface area (Å²) in [7, 11) is 2.88. The van der Waals surface area contributed by atoms with E-state index >= 15 is 0 Å². The van der Waals surface area contributed by atoms with Crippen LogP contribution in [-0.4, -0.2) is 34.8 Å². The van der Waals surface area contributed by atoms with Gasteiger partial charge in [0, 0.05) is 30.1 Å². The molecule has 0 atom stereocenters. The number of methoxy groups -OCH3 is 1. The van der Waals surface area contributed by atoms with E-state index in [1.807, 2.05) is 6.92 Å². The molecule has 1 amide bonds. The molecular weight excluding hydrogens is 538 g/mol. The highest BCUT2D eigenvalue weighted by Crippen LogP contribution is 2.43. The van der Waals surface area contributed by atoms with Gasteiger partial charge in [0.2, 0.25) is 5.91 Å². The molecule has 6 nitrogen and oxygen atoms in total. The molecule has 4 rings (SSSR count). The van der Waals surface area contributed by atoms with Crippen LogP contribution in [0.5, 0.6) is 5.75 Å². The molecule has 4 aromatic rings. The SMILES string of the molecule is CCn1ncc2c(-c3ccccc3OC)c(N(C)C(=O)C(C)(C)c3cc(C(F)(F)F)cc(C(F)(F)F)c3)cnc21. The van der Waals surface area contributed by atoms with Crippen LogP contribution in [-0.2, 0) is 29.1 Å². The predicted molar refractivity (Wildman–Crippen MR) is 138 cm³/mol. The lowest BCUT2D eigenvalue weighted by Crippen LogP contribution is -2.42. The minimum Gasteiger partial charge on any atom is -0.496 e. The zero-order valence-electron chi connectivity index (χ0n) is 22.3. The first-order valence-electron chi connectivity index (χ1n) is 12.2. The number of hydrogen-bond acceptors (Lipinski definition) is 4. The highest BCUT2D eigenvalue weighted by atomic mass is 19.4. The first-order valence-corrected chi connectivity index (χ1v) is 12.2. The third-order valence-corrected chi connectivity index (χ3v) is 6.83. The number of likely N-dealkylation sites (N-methyl/N-ethyl adjacent to an activating group) is 1. The lowest BCUT2D eigenvalue weighted by molar-refractivity contribution is -0.143. The summed E-state index contributed by atoms with van der Waals surface area (Å²) in [5.41, 5.74) is -3.30. The number of rotatable bonds is 6. The van der Waals surface area contributed by atoms with Gasteiger partial charge in [-0.2, -0.15) is 31.4 Å². The lowest BCUT2D eigenvalue weighted by Gasteiger charge is -2.32. The van der Waals surface area contributed by atoms with Crippen LogP contribution in [0.25, 0.3) is 22.2 Å². The Morgan fingerprint density at radius 1 is 0.950 bits per heavy atom. The Morgan fingerprint density at radius 2 is 1.52 bits per heavy atom. The number of nitrogens with zero attached hydrogens (tertiary/aromatic N) is 4. The maximum atomic E-state index is 13.9. The van der Waals surface area contributed by atoms with Crippen molar-refractivity contribution in [1.82, 2.24) is 14.8 Å². The van der Waals surface area contributed by atoms with E-state index in [0.717, 1.165) is 0 Å². The standard InChI is InChI=1S/C28H26F6N4O2/c1-6-38-24-20(14-36-38)23(19-9-7-8-10-22(19)40-5)21(15-35-24)37(4)25(39)26(2,3)16-11-17(27(29,30)31)13-18(12-16)28(32,33)34/h7-15H,6H2,1-5H3. The van der Waals surface area contributed by atoms with Crippen LogP contribution in [0.15, 0.2) is 54.9 Å². The van der Waals surface area contributed by atoms with Crippen LogP contribution in [0.3, 0.4) is 0 Å². The number of anilines is 1. The summed E-state index contributed by atoms with van der Waals surface area (Å²) in [6.45, 7) is 4.96. The van der Waals surface area contributed by atoms with Crippen molar-refractivity contribution in [3.8, 4) is 16.9 Å². The molecular formula is C28H26F6N4O2. The number of benzene rings is 2. The van der Waals surface area contributed by atoms with Gasteiger partial charge < -0.3 is 9.64 Å². The summed E-state index contributed by atoms with van der Waals surface area (Å²) in [4.78, 5) is 19.6. The lowest BCUT2D eigenvalue weighted by atomic mass is 9.81. The second kappa shape index (κ2) is 10.1. The molecule has 0 aliphatic carbocycles. The van der Waals surface area contributed by atoms with E-state index in [1.54, 1.807) is 35.1 Å². The monoisotopic (exact) mass is 564 g/mol. The van der Waals surface area contributed by atoms with Crippen LogP contribution in [0, 0.1) is 0 Å². The second-order valence-corrected chi connectivity index (χ2v) is 9.70. The predicted octanol–water partition coefficient (Wildman–Crippen LogP) is 7.11. The molecule has 2 aromatic heterocycles. The normalized spacial score (nSPS) is 12.6. The van der Waals surface area contributed by atoms with Gasteiger partial charge in [0.05, 0.1) is 41.7 Å². The molecule has 0 spiro atoms. The quantitative estimate of drug-likeness (QED) is 0.234. The summed E-state index contributed by atoms with van der Waals surface area (Å²) in [6.07, 6.45) is -7.08. The Labute approximate surface area is 226 Å². The van der Waals surface area contributed by atoms with Crippen LogP contribution < -0.4 is 9.64 Å². The second-order valence-electron chi connectivity index (χ2n) is 9.70. The van der Waals surface area contributed by atoms with Gasteiger partial charge >= 0.3 is 12.4 Å². The fourth-order valence-electron chi connectivity index (χ4n) is 4.60. The third-order valence-electron chi connectivity index (χ3n) is 6.83. The first kappa shape index (κ1) is 28.9. The fourth-order valence-corrected chi connectivity index (χ4v) is 4.60. The fraction of sp³-hybridized carbons (Fsp3) is 0.321. The summed E-state index contributed by atoms with van der Waals surface area (Å²) in [6, 6.07) is 8.22. The Hall–Kier alpha value is -4.09. The summed E-state index contributed by atoms with van der Waals surface area (Å²) < 4.78 is 88.5. The third kappa shape index (κ3) is 5.09. The Morgan fingerprint density at radius 3 is 2.08 bits per heavy atom. The van der Waals surface area contributed by atoms with E-state index < -0.39 is 40.4 Å². The molecule has 0 N–H and O–H groups in total. The Kier molecular flexibility index (Phi) is 7.33.